The van der Waals surface area contributed by atoms with Gasteiger partial charge in [0.15, 0.2) is 0 Å². The van der Waals surface area contributed by atoms with Crippen LogP contribution in [0.1, 0.15) is 21.5 Å². The van der Waals surface area contributed by atoms with Crippen LogP contribution in [0.2, 0.25) is 0 Å². The maximum atomic E-state index is 12.0. The molecule has 1 aliphatic heterocycles. The van der Waals surface area contributed by atoms with E-state index >= 15 is 0 Å². The number of morpholine rings is 1. The lowest BCUT2D eigenvalue weighted by Crippen LogP contribution is -2.48. The van der Waals surface area contributed by atoms with Gasteiger partial charge < -0.3 is 15.4 Å². The van der Waals surface area contributed by atoms with Crippen LogP contribution in [0.25, 0.3) is 0 Å². The van der Waals surface area contributed by atoms with Crippen LogP contribution in [0.15, 0.2) is 18.2 Å². The molecule has 2 N–H and O–H groups in total. The van der Waals surface area contributed by atoms with Crippen molar-refractivity contribution in [1.29, 1.82) is 0 Å². The molecule has 98 valence electrons. The molecule has 1 heterocycles. The van der Waals surface area contributed by atoms with Crippen molar-refractivity contribution in [1.82, 2.24) is 10.6 Å². The lowest BCUT2D eigenvalue weighted by molar-refractivity contribution is 0.0734. The quantitative estimate of drug-likeness (QED) is 0.839. The van der Waals surface area contributed by atoms with Crippen LogP contribution in [0.3, 0.4) is 0 Å². The zero-order valence-electron chi connectivity index (χ0n) is 11.0. The predicted octanol–water partition coefficient (Wildman–Crippen LogP) is 1.02. The molecule has 0 spiro atoms. The molecule has 4 nitrogen and oxygen atoms in total. The van der Waals surface area contributed by atoms with Crippen molar-refractivity contribution in [3.8, 4) is 0 Å². The van der Waals surface area contributed by atoms with Crippen LogP contribution in [0, 0.1) is 13.8 Å². The highest BCUT2D eigenvalue weighted by Gasteiger charge is 2.15. The second kappa shape index (κ2) is 5.98. The Morgan fingerprint density at radius 2 is 2.33 bits per heavy atom. The van der Waals surface area contributed by atoms with Crippen LogP contribution in [0.4, 0.5) is 0 Å². The van der Waals surface area contributed by atoms with E-state index < -0.39 is 0 Å². The molecule has 2 rings (SSSR count). The summed E-state index contributed by atoms with van der Waals surface area (Å²) in [4.78, 5) is 12.0. The predicted molar refractivity (Wildman–Crippen MR) is 70.9 cm³/mol. The monoisotopic (exact) mass is 248 g/mol. The van der Waals surface area contributed by atoms with Gasteiger partial charge in [0.25, 0.3) is 5.91 Å². The lowest BCUT2D eigenvalue weighted by Gasteiger charge is -2.24. The second-order valence-corrected chi connectivity index (χ2v) is 4.75. The highest BCUT2D eigenvalue weighted by atomic mass is 16.5. The van der Waals surface area contributed by atoms with Gasteiger partial charge in [-0.2, -0.15) is 0 Å². The van der Waals surface area contributed by atoms with Gasteiger partial charge in [-0.1, -0.05) is 17.7 Å². The molecule has 0 saturated carbocycles. The van der Waals surface area contributed by atoms with Gasteiger partial charge >= 0.3 is 0 Å². The molecule has 1 saturated heterocycles. The summed E-state index contributed by atoms with van der Waals surface area (Å²) in [6, 6.07) is 6.08. The second-order valence-electron chi connectivity index (χ2n) is 4.75. The SMILES string of the molecule is Cc1ccc(C(=O)NCC2COCCN2)c(C)c1. The van der Waals surface area contributed by atoms with Gasteiger partial charge in [-0.05, 0) is 25.5 Å². The maximum absolute atomic E-state index is 12.0. The van der Waals surface area contributed by atoms with E-state index in [1.165, 1.54) is 5.56 Å². The van der Waals surface area contributed by atoms with E-state index in [-0.39, 0.29) is 11.9 Å². The first-order valence-electron chi connectivity index (χ1n) is 6.33. The van der Waals surface area contributed by atoms with Crippen LogP contribution >= 0.6 is 0 Å². The standard InChI is InChI=1S/C14H20N2O2/c1-10-3-4-13(11(2)7-10)14(17)16-8-12-9-18-6-5-15-12/h3-4,7,12,15H,5-6,8-9H2,1-2H3,(H,16,17). The van der Waals surface area contributed by atoms with E-state index in [1.54, 1.807) is 0 Å². The minimum atomic E-state index is -0.0140. The topological polar surface area (TPSA) is 50.4 Å². The third-order valence-corrected chi connectivity index (χ3v) is 3.13. The summed E-state index contributed by atoms with van der Waals surface area (Å²) in [6.45, 7) is 6.85. The van der Waals surface area contributed by atoms with Crippen molar-refractivity contribution in [2.24, 2.45) is 0 Å². The number of benzene rings is 1. The molecule has 0 aliphatic carbocycles. The molecule has 0 radical (unpaired) electrons. The van der Waals surface area contributed by atoms with E-state index in [4.69, 9.17) is 4.74 Å². The van der Waals surface area contributed by atoms with Gasteiger partial charge in [0, 0.05) is 24.7 Å². The van der Waals surface area contributed by atoms with Gasteiger partial charge in [0.2, 0.25) is 0 Å². The summed E-state index contributed by atoms with van der Waals surface area (Å²) in [5.74, 6) is -0.0140. The average Bonchev–Trinajstić information content (AvgIpc) is 2.37. The maximum Gasteiger partial charge on any atom is 0.251 e. The van der Waals surface area contributed by atoms with Gasteiger partial charge in [0.05, 0.1) is 13.2 Å². The van der Waals surface area contributed by atoms with Crippen molar-refractivity contribution in [3.05, 3.63) is 34.9 Å². The molecule has 1 aromatic rings. The third kappa shape index (κ3) is 3.31. The Hall–Kier alpha value is -1.39. The molecule has 1 fully saturated rings. The van der Waals surface area contributed by atoms with E-state index in [0.29, 0.717) is 13.2 Å². The summed E-state index contributed by atoms with van der Waals surface area (Å²) in [7, 11) is 0. The highest BCUT2D eigenvalue weighted by Crippen LogP contribution is 2.10. The molecular weight excluding hydrogens is 228 g/mol. The number of carbonyl (C=O) groups excluding carboxylic acids is 1. The number of carbonyl (C=O) groups is 1. The Kier molecular flexibility index (Phi) is 4.33. The molecule has 1 aliphatic rings. The summed E-state index contributed by atoms with van der Waals surface area (Å²) < 4.78 is 5.35. The summed E-state index contributed by atoms with van der Waals surface area (Å²) in [5, 5.41) is 6.26. The van der Waals surface area contributed by atoms with E-state index in [0.717, 1.165) is 24.3 Å². The molecule has 0 aromatic heterocycles. The molecule has 0 bridgehead atoms. The number of aryl methyl sites for hydroxylation is 2. The Morgan fingerprint density at radius 3 is 3.00 bits per heavy atom. The smallest absolute Gasteiger partial charge is 0.251 e. The minimum absolute atomic E-state index is 0.0140. The normalized spacial score (nSPS) is 19.6. The average molecular weight is 248 g/mol. The van der Waals surface area contributed by atoms with Crippen LogP contribution < -0.4 is 10.6 Å². The largest absolute Gasteiger partial charge is 0.378 e. The van der Waals surface area contributed by atoms with Crippen molar-refractivity contribution >= 4 is 5.91 Å². The Balaban J connectivity index is 1.90. The first kappa shape index (κ1) is 13.1. The molecule has 4 heteroatoms. The zero-order chi connectivity index (χ0) is 13.0. The Morgan fingerprint density at radius 1 is 1.50 bits per heavy atom. The van der Waals surface area contributed by atoms with Crippen molar-refractivity contribution in [2.45, 2.75) is 19.9 Å². The van der Waals surface area contributed by atoms with Gasteiger partial charge in [-0.3, -0.25) is 4.79 Å². The molecule has 1 unspecified atom stereocenters. The first-order chi connectivity index (χ1) is 8.66. The molecular formula is C14H20N2O2. The Labute approximate surface area is 108 Å². The van der Waals surface area contributed by atoms with Crippen LogP contribution in [-0.2, 0) is 4.74 Å². The van der Waals surface area contributed by atoms with Crippen molar-refractivity contribution < 1.29 is 9.53 Å². The van der Waals surface area contributed by atoms with Gasteiger partial charge in [-0.15, -0.1) is 0 Å². The molecule has 18 heavy (non-hydrogen) atoms. The molecule has 1 amide bonds. The van der Waals surface area contributed by atoms with E-state index in [2.05, 4.69) is 10.6 Å². The lowest BCUT2D eigenvalue weighted by atomic mass is 10.1. The first-order valence-corrected chi connectivity index (χ1v) is 6.33. The van der Waals surface area contributed by atoms with Gasteiger partial charge in [0.1, 0.15) is 0 Å². The number of nitrogens with one attached hydrogen (secondary N) is 2. The van der Waals surface area contributed by atoms with Gasteiger partial charge in [-0.25, -0.2) is 0 Å². The zero-order valence-corrected chi connectivity index (χ0v) is 11.0. The number of rotatable bonds is 3. The number of hydrogen-bond donors (Lipinski definition) is 2. The third-order valence-electron chi connectivity index (χ3n) is 3.13. The minimum Gasteiger partial charge on any atom is -0.378 e. The Bertz CT molecular complexity index is 426. The summed E-state index contributed by atoms with van der Waals surface area (Å²) in [6.07, 6.45) is 0. The van der Waals surface area contributed by atoms with Crippen LogP contribution in [0.5, 0.6) is 0 Å². The van der Waals surface area contributed by atoms with Crippen LogP contribution in [-0.4, -0.2) is 38.3 Å². The van der Waals surface area contributed by atoms with Crippen molar-refractivity contribution in [2.75, 3.05) is 26.3 Å². The fourth-order valence-corrected chi connectivity index (χ4v) is 2.13. The molecule has 1 aromatic carbocycles. The molecule has 1 atom stereocenters. The summed E-state index contributed by atoms with van der Waals surface area (Å²) in [5.41, 5.74) is 2.93. The van der Waals surface area contributed by atoms with Crippen molar-refractivity contribution in [3.63, 3.8) is 0 Å². The highest BCUT2D eigenvalue weighted by molar-refractivity contribution is 5.95. The van der Waals surface area contributed by atoms with E-state index in [9.17, 15) is 4.79 Å². The van der Waals surface area contributed by atoms with E-state index in [1.807, 2.05) is 32.0 Å². The summed E-state index contributed by atoms with van der Waals surface area (Å²) >= 11 is 0. The fourth-order valence-electron chi connectivity index (χ4n) is 2.13. The fraction of sp³-hybridized carbons (Fsp3) is 0.500. The number of ether oxygens (including phenoxy) is 1. The number of hydrogen-bond acceptors (Lipinski definition) is 3. The number of amides is 1.